The second kappa shape index (κ2) is 9.27. The Morgan fingerprint density at radius 3 is 2.65 bits per heavy atom. The molecule has 2 heterocycles. The smallest absolute Gasteiger partial charge is 0.303 e. The Labute approximate surface area is 235 Å². The molecule has 7 rings (SSSR count). The lowest BCUT2D eigenvalue weighted by Gasteiger charge is -2.65. The van der Waals surface area contributed by atoms with Crippen LogP contribution in [0.2, 0.25) is 0 Å². The lowest BCUT2D eigenvalue weighted by atomic mass is 9.48. The molecule has 2 saturated carbocycles. The van der Waals surface area contributed by atoms with E-state index in [-0.39, 0.29) is 30.1 Å². The fourth-order valence-electron chi connectivity index (χ4n) is 8.32. The molecule has 3 aliphatic carbocycles. The molecule has 208 valence electrons. The van der Waals surface area contributed by atoms with Crippen molar-refractivity contribution >= 4 is 11.9 Å². The maximum atomic E-state index is 13.4. The highest BCUT2D eigenvalue weighted by molar-refractivity contribution is 5.94. The zero-order valence-electron chi connectivity index (χ0n) is 23.4. The summed E-state index contributed by atoms with van der Waals surface area (Å²) in [5.74, 6) is 7.54. The van der Waals surface area contributed by atoms with Gasteiger partial charge < -0.3 is 19.1 Å². The lowest BCUT2D eigenvalue weighted by Crippen LogP contribution is -2.79. The van der Waals surface area contributed by atoms with Crippen LogP contribution in [0.1, 0.15) is 55.7 Å². The van der Waals surface area contributed by atoms with Gasteiger partial charge in [0.1, 0.15) is 11.7 Å². The van der Waals surface area contributed by atoms with E-state index in [1.807, 2.05) is 43.4 Å². The van der Waals surface area contributed by atoms with Crippen molar-refractivity contribution in [1.82, 2.24) is 9.80 Å². The van der Waals surface area contributed by atoms with Crippen LogP contribution >= 0.6 is 0 Å². The average Bonchev–Trinajstić information content (AvgIpc) is 3.70. The second-order valence-electron chi connectivity index (χ2n) is 12.2. The molecule has 2 aliphatic heterocycles. The van der Waals surface area contributed by atoms with Gasteiger partial charge in [-0.25, -0.2) is 0 Å². The number of carbonyl (C=O) groups is 2. The van der Waals surface area contributed by atoms with Gasteiger partial charge in [-0.1, -0.05) is 30.2 Å². The van der Waals surface area contributed by atoms with Gasteiger partial charge in [0, 0.05) is 37.6 Å². The van der Waals surface area contributed by atoms with Crippen LogP contribution in [0.4, 0.5) is 0 Å². The van der Waals surface area contributed by atoms with Crippen LogP contribution < -0.4 is 9.47 Å². The number of amides is 1. The van der Waals surface area contributed by atoms with Crippen molar-refractivity contribution in [3.8, 4) is 23.3 Å². The van der Waals surface area contributed by atoms with E-state index in [0.717, 1.165) is 48.7 Å². The lowest BCUT2D eigenvalue weighted by molar-refractivity contribution is -0.223. The molecule has 0 radical (unpaired) electrons. The maximum Gasteiger partial charge on any atom is 0.303 e. The van der Waals surface area contributed by atoms with Gasteiger partial charge in [0.2, 0.25) is 0 Å². The van der Waals surface area contributed by atoms with Crippen molar-refractivity contribution in [1.29, 1.82) is 0 Å². The highest BCUT2D eigenvalue weighted by Gasteiger charge is 2.75. The monoisotopic (exact) mass is 540 g/mol. The minimum absolute atomic E-state index is 0.0727. The fourth-order valence-corrected chi connectivity index (χ4v) is 8.32. The fraction of sp³-hybridized carbons (Fsp3) is 0.515. The van der Waals surface area contributed by atoms with Gasteiger partial charge >= 0.3 is 5.97 Å². The normalized spacial score (nSPS) is 31.2. The summed E-state index contributed by atoms with van der Waals surface area (Å²) < 4.78 is 19.3. The summed E-state index contributed by atoms with van der Waals surface area (Å²) in [5, 5.41) is 0. The van der Waals surface area contributed by atoms with Crippen molar-refractivity contribution in [3.63, 3.8) is 0 Å². The van der Waals surface area contributed by atoms with E-state index >= 15 is 0 Å². The van der Waals surface area contributed by atoms with Crippen LogP contribution in [0.15, 0.2) is 42.5 Å². The number of ether oxygens (including phenoxy) is 3. The summed E-state index contributed by atoms with van der Waals surface area (Å²) >= 11 is 0. The molecule has 5 aliphatic rings. The third kappa shape index (κ3) is 3.61. The number of hydrogen-bond acceptors (Lipinski definition) is 6. The van der Waals surface area contributed by atoms with Gasteiger partial charge in [0.05, 0.1) is 24.6 Å². The second-order valence-corrected chi connectivity index (χ2v) is 12.2. The van der Waals surface area contributed by atoms with Gasteiger partial charge in [0.25, 0.3) is 5.91 Å². The molecule has 7 heteroatoms. The van der Waals surface area contributed by atoms with E-state index in [1.54, 1.807) is 12.0 Å². The van der Waals surface area contributed by atoms with Gasteiger partial charge in [0.15, 0.2) is 11.5 Å². The number of methoxy groups -OCH3 is 1. The first-order valence-electron chi connectivity index (χ1n) is 14.5. The third-order valence-corrected chi connectivity index (χ3v) is 10.1. The van der Waals surface area contributed by atoms with E-state index in [9.17, 15) is 9.59 Å². The van der Waals surface area contributed by atoms with Gasteiger partial charge in [-0.2, -0.15) is 0 Å². The predicted octanol–water partition coefficient (Wildman–Crippen LogP) is 3.71. The van der Waals surface area contributed by atoms with Crippen molar-refractivity contribution in [2.45, 2.75) is 74.7 Å². The first-order valence-corrected chi connectivity index (χ1v) is 14.5. The number of piperidine rings is 1. The average molecular weight is 541 g/mol. The van der Waals surface area contributed by atoms with Crippen LogP contribution in [0.3, 0.4) is 0 Å². The van der Waals surface area contributed by atoms with Crippen molar-refractivity contribution < 1.29 is 23.8 Å². The predicted molar refractivity (Wildman–Crippen MR) is 149 cm³/mol. The molecular formula is C33H36N2O5. The van der Waals surface area contributed by atoms with Crippen LogP contribution in [-0.4, -0.2) is 72.7 Å². The zero-order chi connectivity index (χ0) is 27.6. The summed E-state index contributed by atoms with van der Waals surface area (Å²) in [5.41, 5.74) is 1.88. The Hall–Kier alpha value is -3.50. The number of carbonyl (C=O) groups excluding carboxylic acids is 2. The minimum Gasteiger partial charge on any atom is -0.493 e. The molecule has 0 unspecified atom stereocenters. The van der Waals surface area contributed by atoms with E-state index in [2.05, 4.69) is 22.8 Å². The molecule has 1 spiro atoms. The highest BCUT2D eigenvalue weighted by Crippen LogP contribution is 2.67. The van der Waals surface area contributed by atoms with E-state index in [0.29, 0.717) is 18.6 Å². The Balaban J connectivity index is 1.33. The molecule has 1 amide bonds. The number of likely N-dealkylation sites (tertiary alicyclic amines) is 1. The number of rotatable bonds is 5. The Morgan fingerprint density at radius 2 is 1.93 bits per heavy atom. The third-order valence-electron chi connectivity index (χ3n) is 10.1. The van der Waals surface area contributed by atoms with E-state index in [1.165, 1.54) is 25.3 Å². The summed E-state index contributed by atoms with van der Waals surface area (Å²) in [6, 6.07) is 13.6. The molecule has 0 aromatic heterocycles. The number of hydrogen-bond donors (Lipinski definition) is 0. The van der Waals surface area contributed by atoms with E-state index in [4.69, 9.17) is 14.2 Å². The number of esters is 1. The summed E-state index contributed by atoms with van der Waals surface area (Å²) in [6.45, 7) is 3.49. The molecule has 2 aromatic rings. The molecule has 2 aromatic carbocycles. The molecule has 5 atom stereocenters. The van der Waals surface area contributed by atoms with Gasteiger partial charge in [-0.15, -0.1) is 0 Å². The first kappa shape index (κ1) is 25.5. The van der Waals surface area contributed by atoms with Crippen molar-refractivity contribution in [2.75, 3.05) is 27.2 Å². The van der Waals surface area contributed by atoms with Crippen molar-refractivity contribution in [3.05, 3.63) is 59.2 Å². The zero-order valence-corrected chi connectivity index (χ0v) is 23.4. The topological polar surface area (TPSA) is 68.3 Å². The maximum absolute atomic E-state index is 13.4. The summed E-state index contributed by atoms with van der Waals surface area (Å²) in [4.78, 5) is 30.6. The minimum atomic E-state index is -0.725. The Kier molecular flexibility index (Phi) is 5.90. The standard InChI is InChI=1S/C33H36N2O5/c1-21(36)40-33-16-15-25(34(2)28(37)14-11-22-7-5-4-6-8-22)31-32(33)17-18-35(20-23-9-10-23)27(33)19-24-12-13-26(38-3)30(39-31)29(24)32/h4-8,12-13,23,25,27,31H,9-10,15-20H2,1-3H3/t25-,27+,31-,32-,33+/m0/s1. The molecule has 3 fully saturated rings. The molecule has 40 heavy (non-hydrogen) atoms. The molecule has 7 nitrogen and oxygen atoms in total. The highest BCUT2D eigenvalue weighted by atomic mass is 16.6. The number of likely N-dealkylation sites (N-methyl/N-ethyl adjacent to an activating group) is 1. The molecule has 2 bridgehead atoms. The Morgan fingerprint density at radius 1 is 1.12 bits per heavy atom. The molecular weight excluding hydrogens is 504 g/mol. The van der Waals surface area contributed by atoms with Crippen LogP contribution in [-0.2, 0) is 26.2 Å². The summed E-state index contributed by atoms with van der Waals surface area (Å²) in [6.07, 6.45) is 5.12. The first-order chi connectivity index (χ1) is 19.4. The van der Waals surface area contributed by atoms with Gasteiger partial charge in [-0.05, 0) is 74.8 Å². The number of nitrogens with zero attached hydrogens (tertiary/aromatic N) is 2. The Bertz CT molecular complexity index is 1430. The number of benzene rings is 2. The SMILES string of the molecule is COc1ccc2c3c1O[C@H]1[C@@H](N(C)C(=O)C#Cc4ccccc4)CC[C@@]4(OC(C)=O)[C@@H](C2)N(CC2CC2)CC[C@]314. The van der Waals surface area contributed by atoms with Gasteiger partial charge in [-0.3, -0.25) is 14.5 Å². The van der Waals surface area contributed by atoms with Crippen LogP contribution in [0.25, 0.3) is 0 Å². The molecule has 0 N–H and O–H groups in total. The van der Waals surface area contributed by atoms with E-state index < -0.39 is 11.0 Å². The quantitative estimate of drug-likeness (QED) is 0.426. The van der Waals surface area contributed by atoms with Crippen LogP contribution in [0, 0.1) is 17.8 Å². The largest absolute Gasteiger partial charge is 0.493 e. The van der Waals surface area contributed by atoms with Crippen molar-refractivity contribution in [2.24, 2.45) is 5.92 Å². The van der Waals surface area contributed by atoms with Crippen LogP contribution in [0.5, 0.6) is 11.5 Å². The summed E-state index contributed by atoms with van der Waals surface area (Å²) in [7, 11) is 3.49. The molecule has 1 saturated heterocycles.